The first-order valence-corrected chi connectivity index (χ1v) is 8.37. The number of hydrogen-bond donors (Lipinski definition) is 2. The molecular weight excluding hydrogens is 303 g/mol. The minimum Gasteiger partial charge on any atom is -0.329 e. The molecule has 0 aromatic rings. The highest BCUT2D eigenvalue weighted by Gasteiger charge is 2.38. The quantitative estimate of drug-likeness (QED) is 0.775. The molecule has 0 aromatic carbocycles. The predicted octanol–water partition coefficient (Wildman–Crippen LogP) is 0.539. The third-order valence-corrected chi connectivity index (χ3v) is 6.23. The van der Waals surface area contributed by atoms with Crippen LogP contribution in [0.1, 0.15) is 12.8 Å². The van der Waals surface area contributed by atoms with Gasteiger partial charge in [-0.25, -0.2) is 0 Å². The number of thioether (sulfide) groups is 1. The van der Waals surface area contributed by atoms with Gasteiger partial charge in [-0.3, -0.25) is 0 Å². The van der Waals surface area contributed by atoms with E-state index in [4.69, 9.17) is 5.73 Å². The molecule has 10 heteroatoms. The lowest BCUT2D eigenvalue weighted by molar-refractivity contribution is -0.121. The SMILES string of the molecule is CSC1(CN)CCN(S(=O)(=O)NCC(F)(F)F)CC1. The minimum atomic E-state index is -4.55. The number of nitrogens with one attached hydrogen (secondary N) is 1. The maximum atomic E-state index is 12.0. The molecule has 1 saturated heterocycles. The van der Waals surface area contributed by atoms with Crippen LogP contribution in [0.25, 0.3) is 0 Å². The van der Waals surface area contributed by atoms with Gasteiger partial charge in [-0.1, -0.05) is 0 Å². The Labute approximate surface area is 115 Å². The standard InChI is InChI=1S/C9H18F3N3O2S2/c1-18-8(6-13)2-4-15(5-3-8)19(16,17)14-7-9(10,11)12/h14H,2-7,13H2,1H3. The fraction of sp³-hybridized carbons (Fsp3) is 1.00. The van der Waals surface area contributed by atoms with Crippen LogP contribution in [-0.2, 0) is 10.2 Å². The molecule has 1 aliphatic heterocycles. The van der Waals surface area contributed by atoms with Gasteiger partial charge >= 0.3 is 6.18 Å². The first-order valence-electron chi connectivity index (χ1n) is 5.71. The molecule has 114 valence electrons. The fourth-order valence-electron chi connectivity index (χ4n) is 1.89. The van der Waals surface area contributed by atoms with Crippen molar-refractivity contribution in [1.82, 2.24) is 9.03 Å². The zero-order chi connectivity index (χ0) is 14.7. The monoisotopic (exact) mass is 321 g/mol. The second-order valence-corrected chi connectivity index (χ2v) is 7.46. The van der Waals surface area contributed by atoms with Crippen molar-refractivity contribution in [3.8, 4) is 0 Å². The Morgan fingerprint density at radius 1 is 1.37 bits per heavy atom. The lowest BCUT2D eigenvalue weighted by Crippen LogP contribution is -2.52. The number of nitrogens with two attached hydrogens (primary N) is 1. The van der Waals surface area contributed by atoms with Crippen molar-refractivity contribution in [3.63, 3.8) is 0 Å². The van der Waals surface area contributed by atoms with Gasteiger partial charge in [-0.2, -0.15) is 42.4 Å². The molecular formula is C9H18F3N3O2S2. The molecule has 3 N–H and O–H groups in total. The second-order valence-electron chi connectivity index (χ2n) is 4.43. The molecule has 1 heterocycles. The third-order valence-electron chi connectivity index (χ3n) is 3.23. The summed E-state index contributed by atoms with van der Waals surface area (Å²) in [7, 11) is -4.07. The van der Waals surface area contributed by atoms with Crippen LogP contribution < -0.4 is 10.5 Å². The zero-order valence-corrected chi connectivity index (χ0v) is 12.2. The van der Waals surface area contributed by atoms with Gasteiger partial charge in [0, 0.05) is 24.4 Å². The molecule has 19 heavy (non-hydrogen) atoms. The van der Waals surface area contributed by atoms with Gasteiger partial charge < -0.3 is 5.73 Å². The fourth-order valence-corrected chi connectivity index (χ4v) is 3.84. The molecule has 0 amide bonds. The van der Waals surface area contributed by atoms with E-state index < -0.39 is 22.9 Å². The molecule has 0 unspecified atom stereocenters. The average Bonchev–Trinajstić information content (AvgIpc) is 2.36. The van der Waals surface area contributed by atoms with Crippen molar-refractivity contribution >= 4 is 22.0 Å². The lowest BCUT2D eigenvalue weighted by Gasteiger charge is -2.39. The first-order chi connectivity index (χ1) is 8.64. The summed E-state index contributed by atoms with van der Waals surface area (Å²) in [5.41, 5.74) is 5.67. The summed E-state index contributed by atoms with van der Waals surface area (Å²) in [6, 6.07) is 0. The third kappa shape index (κ3) is 4.78. The predicted molar refractivity (Wildman–Crippen MR) is 69.1 cm³/mol. The van der Waals surface area contributed by atoms with Crippen LogP contribution in [0.3, 0.4) is 0 Å². The highest BCUT2D eigenvalue weighted by molar-refractivity contribution is 8.00. The first kappa shape index (κ1) is 17.0. The molecule has 0 atom stereocenters. The van der Waals surface area contributed by atoms with Gasteiger partial charge in [0.2, 0.25) is 0 Å². The number of rotatable bonds is 5. The van der Waals surface area contributed by atoms with E-state index in [1.165, 1.54) is 0 Å². The normalized spacial score (nSPS) is 21.5. The van der Waals surface area contributed by atoms with Crippen molar-refractivity contribution in [2.24, 2.45) is 5.73 Å². The molecule has 1 rings (SSSR count). The van der Waals surface area contributed by atoms with E-state index >= 15 is 0 Å². The van der Waals surface area contributed by atoms with Gasteiger partial charge in [0.15, 0.2) is 0 Å². The van der Waals surface area contributed by atoms with E-state index in [1.54, 1.807) is 16.5 Å². The number of alkyl halides is 3. The van der Waals surface area contributed by atoms with E-state index in [9.17, 15) is 21.6 Å². The average molecular weight is 321 g/mol. The van der Waals surface area contributed by atoms with E-state index in [-0.39, 0.29) is 17.8 Å². The molecule has 0 spiro atoms. The smallest absolute Gasteiger partial charge is 0.329 e. The van der Waals surface area contributed by atoms with Crippen molar-refractivity contribution in [3.05, 3.63) is 0 Å². The summed E-state index contributed by atoms with van der Waals surface area (Å²) in [6.45, 7) is -0.745. The summed E-state index contributed by atoms with van der Waals surface area (Å²) in [5.74, 6) is 0. The highest BCUT2D eigenvalue weighted by Crippen LogP contribution is 2.34. The van der Waals surface area contributed by atoms with E-state index in [2.05, 4.69) is 0 Å². The van der Waals surface area contributed by atoms with Gasteiger partial charge in [-0.15, -0.1) is 0 Å². The Morgan fingerprint density at radius 2 is 1.89 bits per heavy atom. The van der Waals surface area contributed by atoms with E-state index in [0.29, 0.717) is 19.4 Å². The molecule has 5 nitrogen and oxygen atoms in total. The van der Waals surface area contributed by atoms with Crippen LogP contribution in [0.15, 0.2) is 0 Å². The van der Waals surface area contributed by atoms with Crippen LogP contribution in [0.2, 0.25) is 0 Å². The molecule has 0 bridgehead atoms. The number of halogens is 3. The topological polar surface area (TPSA) is 75.4 Å². The number of hydrogen-bond acceptors (Lipinski definition) is 4. The molecule has 0 aromatic heterocycles. The number of nitrogens with zero attached hydrogens (tertiary/aromatic N) is 1. The maximum Gasteiger partial charge on any atom is 0.402 e. The van der Waals surface area contributed by atoms with Crippen LogP contribution in [0, 0.1) is 0 Å². The Morgan fingerprint density at radius 3 is 2.26 bits per heavy atom. The van der Waals surface area contributed by atoms with Crippen molar-refractivity contribution in [2.45, 2.75) is 23.8 Å². The summed E-state index contributed by atoms with van der Waals surface area (Å²) < 4.78 is 61.9. The molecule has 0 radical (unpaired) electrons. The summed E-state index contributed by atoms with van der Waals surface area (Å²) in [5, 5.41) is 0. The van der Waals surface area contributed by atoms with E-state index in [0.717, 1.165) is 4.31 Å². The molecule has 1 aliphatic rings. The Bertz CT molecular complexity index is 386. The summed E-state index contributed by atoms with van der Waals surface area (Å²) in [6.07, 6.45) is -1.57. The lowest BCUT2D eigenvalue weighted by atomic mass is 9.97. The summed E-state index contributed by atoms with van der Waals surface area (Å²) >= 11 is 1.58. The minimum absolute atomic E-state index is 0.171. The summed E-state index contributed by atoms with van der Waals surface area (Å²) in [4.78, 5) is 0. The van der Waals surface area contributed by atoms with Crippen LogP contribution in [-0.4, -0.2) is 56.1 Å². The number of piperidine rings is 1. The van der Waals surface area contributed by atoms with Crippen LogP contribution in [0.4, 0.5) is 13.2 Å². The highest BCUT2D eigenvalue weighted by atomic mass is 32.2. The van der Waals surface area contributed by atoms with Gasteiger partial charge in [0.05, 0.1) is 0 Å². The Balaban J connectivity index is 2.59. The van der Waals surface area contributed by atoms with Crippen LogP contribution in [0.5, 0.6) is 0 Å². The van der Waals surface area contributed by atoms with Gasteiger partial charge in [-0.05, 0) is 19.1 Å². The Hall–Kier alpha value is -0.0300. The van der Waals surface area contributed by atoms with Gasteiger partial charge in [0.25, 0.3) is 10.2 Å². The van der Waals surface area contributed by atoms with Crippen molar-refractivity contribution in [1.29, 1.82) is 0 Å². The largest absolute Gasteiger partial charge is 0.402 e. The molecule has 0 saturated carbocycles. The van der Waals surface area contributed by atoms with Crippen molar-refractivity contribution < 1.29 is 21.6 Å². The van der Waals surface area contributed by atoms with Gasteiger partial charge in [0.1, 0.15) is 6.54 Å². The van der Waals surface area contributed by atoms with Crippen molar-refractivity contribution in [2.75, 3.05) is 32.4 Å². The second kappa shape index (κ2) is 6.17. The van der Waals surface area contributed by atoms with E-state index in [1.807, 2.05) is 6.26 Å². The maximum absolute atomic E-state index is 12.0. The van der Waals surface area contributed by atoms with Crippen LogP contribution >= 0.6 is 11.8 Å². The zero-order valence-electron chi connectivity index (χ0n) is 10.5. The molecule has 0 aliphatic carbocycles. The Kier molecular flexibility index (Phi) is 5.52. The molecule has 1 fully saturated rings.